The van der Waals surface area contributed by atoms with Gasteiger partial charge in [-0.2, -0.15) is 11.3 Å². The second kappa shape index (κ2) is 8.55. The molecule has 1 saturated heterocycles. The predicted molar refractivity (Wildman–Crippen MR) is 125 cm³/mol. The maximum atomic E-state index is 12.8. The summed E-state index contributed by atoms with van der Waals surface area (Å²) in [6, 6.07) is 16.2. The zero-order chi connectivity index (χ0) is 20.3. The van der Waals surface area contributed by atoms with Gasteiger partial charge in [-0.3, -0.25) is 4.90 Å². The topological polar surface area (TPSA) is 48.5 Å². The molecule has 1 fully saturated rings. The van der Waals surface area contributed by atoms with E-state index < -0.39 is 0 Å². The van der Waals surface area contributed by atoms with Crippen LogP contribution in [0.4, 0.5) is 10.5 Å². The zero-order valence-corrected chi connectivity index (χ0v) is 18.1. The summed E-state index contributed by atoms with van der Waals surface area (Å²) < 4.78 is 0. The maximum absolute atomic E-state index is 12.8. The second-order valence-corrected chi connectivity index (χ2v) is 9.01. The Morgan fingerprint density at radius 1 is 1.00 bits per heavy atom. The minimum absolute atomic E-state index is 0.0283. The van der Waals surface area contributed by atoms with Crippen molar-refractivity contribution < 1.29 is 4.79 Å². The Hall–Kier alpha value is -2.74. The molecule has 152 valence electrons. The number of nitrogens with one attached hydrogen (secondary N) is 1. The summed E-state index contributed by atoms with van der Waals surface area (Å²) in [5.74, 6) is 0. The Morgan fingerprint density at radius 2 is 1.83 bits per heavy atom. The van der Waals surface area contributed by atoms with E-state index in [1.807, 2.05) is 35.2 Å². The molecule has 5 rings (SSSR count). The van der Waals surface area contributed by atoms with Crippen molar-refractivity contribution in [2.45, 2.75) is 6.54 Å². The number of nitrogens with zero attached hydrogens (tertiary/aromatic N) is 3. The summed E-state index contributed by atoms with van der Waals surface area (Å²) in [7, 11) is 0. The third kappa shape index (κ3) is 4.09. The molecular formula is C23H22N4OS2. The predicted octanol–water partition coefficient (Wildman–Crippen LogP) is 5.37. The van der Waals surface area contributed by atoms with Crippen LogP contribution in [-0.4, -0.2) is 47.0 Å². The summed E-state index contributed by atoms with van der Waals surface area (Å²) in [6.07, 6.45) is 0. The minimum atomic E-state index is -0.0283. The van der Waals surface area contributed by atoms with Crippen LogP contribution in [0.15, 0.2) is 64.7 Å². The van der Waals surface area contributed by atoms with Gasteiger partial charge in [-0.15, -0.1) is 11.3 Å². The Labute approximate surface area is 183 Å². The molecule has 30 heavy (non-hydrogen) atoms. The molecule has 2 aromatic carbocycles. The fraction of sp³-hybridized carbons (Fsp3) is 0.217. The average molecular weight is 435 g/mol. The number of piperazine rings is 1. The number of urea groups is 1. The van der Waals surface area contributed by atoms with Gasteiger partial charge in [-0.05, 0) is 22.9 Å². The number of carbonyl (C=O) groups is 1. The van der Waals surface area contributed by atoms with Crippen LogP contribution < -0.4 is 5.32 Å². The van der Waals surface area contributed by atoms with Crippen LogP contribution in [0.5, 0.6) is 0 Å². The zero-order valence-electron chi connectivity index (χ0n) is 16.5. The highest BCUT2D eigenvalue weighted by molar-refractivity contribution is 7.14. The van der Waals surface area contributed by atoms with Crippen LogP contribution >= 0.6 is 22.7 Å². The summed E-state index contributed by atoms with van der Waals surface area (Å²) in [5.41, 5.74) is 3.17. The fourth-order valence-corrected chi connectivity index (χ4v) is 5.29. The van der Waals surface area contributed by atoms with Crippen molar-refractivity contribution >= 4 is 45.2 Å². The van der Waals surface area contributed by atoms with Crippen molar-refractivity contribution in [2.75, 3.05) is 31.5 Å². The number of anilines is 1. The van der Waals surface area contributed by atoms with Crippen molar-refractivity contribution in [3.63, 3.8) is 0 Å². The lowest BCUT2D eigenvalue weighted by molar-refractivity contribution is 0.142. The van der Waals surface area contributed by atoms with Crippen LogP contribution in [-0.2, 0) is 6.54 Å². The molecule has 2 aromatic heterocycles. The smallest absolute Gasteiger partial charge is 0.321 e. The van der Waals surface area contributed by atoms with Gasteiger partial charge in [-0.25, -0.2) is 9.78 Å². The first-order valence-corrected chi connectivity index (χ1v) is 11.8. The molecule has 0 spiro atoms. The second-order valence-electron chi connectivity index (χ2n) is 7.38. The SMILES string of the molecule is O=C(Nc1cccc2ccccc12)N1CCN(Cc2csc(-c3ccsc3)n2)CC1. The van der Waals surface area contributed by atoms with E-state index in [1.54, 1.807) is 22.7 Å². The van der Waals surface area contributed by atoms with Gasteiger partial charge in [0.25, 0.3) is 0 Å². The molecule has 0 bridgehead atoms. The van der Waals surface area contributed by atoms with E-state index in [-0.39, 0.29) is 6.03 Å². The van der Waals surface area contributed by atoms with E-state index in [1.165, 1.54) is 5.56 Å². The molecule has 1 aliphatic rings. The number of thiophene rings is 1. The number of hydrogen-bond acceptors (Lipinski definition) is 5. The Balaban J connectivity index is 1.17. The van der Waals surface area contributed by atoms with Crippen molar-refractivity contribution in [1.29, 1.82) is 0 Å². The molecule has 1 aliphatic heterocycles. The highest BCUT2D eigenvalue weighted by Crippen LogP contribution is 2.26. The summed E-state index contributed by atoms with van der Waals surface area (Å²) >= 11 is 3.39. The first-order valence-electron chi connectivity index (χ1n) is 9.99. The highest BCUT2D eigenvalue weighted by Gasteiger charge is 2.22. The maximum Gasteiger partial charge on any atom is 0.321 e. The minimum Gasteiger partial charge on any atom is -0.322 e. The highest BCUT2D eigenvalue weighted by atomic mass is 32.1. The van der Waals surface area contributed by atoms with Gasteiger partial charge in [0.05, 0.1) is 11.4 Å². The van der Waals surface area contributed by atoms with E-state index in [0.717, 1.165) is 59.9 Å². The molecule has 0 aliphatic carbocycles. The van der Waals surface area contributed by atoms with Crippen molar-refractivity contribution in [1.82, 2.24) is 14.8 Å². The van der Waals surface area contributed by atoms with Crippen molar-refractivity contribution in [3.05, 3.63) is 70.4 Å². The third-order valence-corrected chi connectivity index (χ3v) is 7.02. The number of carbonyl (C=O) groups excluding carboxylic acids is 1. The van der Waals surface area contributed by atoms with E-state index in [2.05, 4.69) is 44.6 Å². The molecule has 5 nitrogen and oxygen atoms in total. The van der Waals surface area contributed by atoms with Gasteiger partial charge in [0, 0.05) is 54.4 Å². The lowest BCUT2D eigenvalue weighted by Gasteiger charge is -2.34. The monoisotopic (exact) mass is 434 g/mol. The number of amides is 2. The lowest BCUT2D eigenvalue weighted by atomic mass is 10.1. The van der Waals surface area contributed by atoms with Crippen LogP contribution in [0.25, 0.3) is 21.3 Å². The Bertz CT molecular complexity index is 1140. The van der Waals surface area contributed by atoms with Crippen LogP contribution in [0, 0.1) is 0 Å². The molecule has 0 radical (unpaired) electrons. The number of fused-ring (bicyclic) bond motifs is 1. The number of thiazole rings is 1. The molecule has 2 amide bonds. The standard InChI is InChI=1S/C23H22N4OS2/c28-23(25-21-7-3-5-17-4-1-2-6-20(17)21)27-11-9-26(10-12-27)14-19-16-30-22(24-19)18-8-13-29-15-18/h1-8,13,15-16H,9-12,14H2,(H,25,28). The van der Waals surface area contributed by atoms with Gasteiger partial charge >= 0.3 is 6.03 Å². The average Bonchev–Trinajstić information content (AvgIpc) is 3.47. The van der Waals surface area contributed by atoms with Gasteiger partial charge in [-0.1, -0.05) is 36.4 Å². The first-order chi connectivity index (χ1) is 14.8. The first kappa shape index (κ1) is 19.2. The van der Waals surface area contributed by atoms with Crippen LogP contribution in [0.2, 0.25) is 0 Å². The van der Waals surface area contributed by atoms with Gasteiger partial charge in [0.2, 0.25) is 0 Å². The summed E-state index contributed by atoms with van der Waals surface area (Å²) in [5, 5.41) is 12.7. The van der Waals surface area contributed by atoms with Crippen LogP contribution in [0.1, 0.15) is 5.69 Å². The van der Waals surface area contributed by atoms with E-state index in [4.69, 9.17) is 4.98 Å². The van der Waals surface area contributed by atoms with Gasteiger partial charge in [0.15, 0.2) is 0 Å². The van der Waals surface area contributed by atoms with E-state index >= 15 is 0 Å². The number of benzene rings is 2. The molecule has 0 atom stereocenters. The van der Waals surface area contributed by atoms with E-state index in [0.29, 0.717) is 0 Å². The van der Waals surface area contributed by atoms with Crippen molar-refractivity contribution in [3.8, 4) is 10.6 Å². The molecular weight excluding hydrogens is 412 g/mol. The quantitative estimate of drug-likeness (QED) is 0.469. The van der Waals surface area contributed by atoms with E-state index in [9.17, 15) is 4.79 Å². The molecule has 4 aromatic rings. The fourth-order valence-electron chi connectivity index (χ4n) is 3.77. The third-order valence-electron chi connectivity index (χ3n) is 5.40. The van der Waals surface area contributed by atoms with Gasteiger partial charge < -0.3 is 10.2 Å². The Morgan fingerprint density at radius 3 is 2.67 bits per heavy atom. The molecule has 3 heterocycles. The molecule has 1 N–H and O–H groups in total. The molecule has 7 heteroatoms. The normalized spacial score (nSPS) is 14.9. The number of hydrogen-bond donors (Lipinski definition) is 1. The largest absolute Gasteiger partial charge is 0.322 e. The Kier molecular flexibility index (Phi) is 5.48. The lowest BCUT2D eigenvalue weighted by Crippen LogP contribution is -2.49. The van der Waals surface area contributed by atoms with Crippen molar-refractivity contribution in [2.24, 2.45) is 0 Å². The number of aromatic nitrogens is 1. The van der Waals surface area contributed by atoms with Gasteiger partial charge in [0.1, 0.15) is 5.01 Å². The summed E-state index contributed by atoms with van der Waals surface area (Å²) in [4.78, 5) is 21.8. The molecule has 0 saturated carbocycles. The van der Waals surface area contributed by atoms with Crippen LogP contribution in [0.3, 0.4) is 0 Å². The number of rotatable bonds is 4. The molecule has 0 unspecified atom stereocenters. The summed E-state index contributed by atoms with van der Waals surface area (Å²) in [6.45, 7) is 3.98.